The van der Waals surface area contributed by atoms with Crippen molar-refractivity contribution in [1.29, 1.82) is 5.26 Å². The Balaban J connectivity index is 1.32. The fourth-order valence-electron chi connectivity index (χ4n) is 3.77. The van der Waals surface area contributed by atoms with Crippen molar-refractivity contribution >= 4 is 27.3 Å². The van der Waals surface area contributed by atoms with E-state index in [-0.39, 0.29) is 33.2 Å². The molecular formula is C26H17N5O4S. The summed E-state index contributed by atoms with van der Waals surface area (Å²) in [5, 5.41) is 14.2. The number of carbonyl (C=O) groups is 2. The molecule has 3 aromatic carbocycles. The van der Waals surface area contributed by atoms with Gasteiger partial charge in [-0.3, -0.25) is 9.59 Å². The highest BCUT2D eigenvalue weighted by Crippen LogP contribution is 2.34. The van der Waals surface area contributed by atoms with Gasteiger partial charge < -0.3 is 10.6 Å². The van der Waals surface area contributed by atoms with Crippen LogP contribution >= 0.6 is 0 Å². The van der Waals surface area contributed by atoms with Crippen molar-refractivity contribution in [2.24, 2.45) is 0 Å². The molecule has 2 heterocycles. The number of anilines is 1. The second kappa shape index (κ2) is 9.05. The van der Waals surface area contributed by atoms with E-state index < -0.39 is 21.7 Å². The number of fused-ring (bicyclic) bond motifs is 2. The maximum absolute atomic E-state index is 13.1. The van der Waals surface area contributed by atoms with Crippen LogP contribution in [0.15, 0.2) is 88.9 Å². The topological polar surface area (TPSA) is 142 Å². The largest absolute Gasteiger partial charge is 0.348 e. The van der Waals surface area contributed by atoms with Gasteiger partial charge in [0.15, 0.2) is 5.82 Å². The van der Waals surface area contributed by atoms with Gasteiger partial charge in [0.05, 0.1) is 32.7 Å². The molecule has 0 saturated heterocycles. The van der Waals surface area contributed by atoms with E-state index >= 15 is 0 Å². The van der Waals surface area contributed by atoms with E-state index in [1.165, 1.54) is 30.3 Å². The summed E-state index contributed by atoms with van der Waals surface area (Å²) in [6.45, 7) is 0.139. The van der Waals surface area contributed by atoms with Crippen LogP contribution < -0.4 is 10.6 Å². The van der Waals surface area contributed by atoms with Crippen molar-refractivity contribution in [2.75, 3.05) is 5.32 Å². The quantitative estimate of drug-likeness (QED) is 0.442. The van der Waals surface area contributed by atoms with Gasteiger partial charge in [0.2, 0.25) is 9.84 Å². The van der Waals surface area contributed by atoms with Gasteiger partial charge in [0, 0.05) is 35.6 Å². The standard InChI is InChI=1S/C26H17N5O4S/c27-12-16-5-7-18(8-6-16)24-28-13-17(14-29-24)15-30-25(32)19-9-10-23-21(11-19)31-26(33)20-3-1-2-4-22(20)36(23,34)35/h1-11,13-14H,15H2,(H,30,32)(H,31,33). The number of hydrogen-bond donors (Lipinski definition) is 2. The van der Waals surface area contributed by atoms with Crippen LogP contribution in [0.5, 0.6) is 0 Å². The van der Waals surface area contributed by atoms with Gasteiger partial charge in [-0.15, -0.1) is 0 Å². The minimum Gasteiger partial charge on any atom is -0.348 e. The van der Waals surface area contributed by atoms with E-state index in [2.05, 4.69) is 26.7 Å². The minimum atomic E-state index is -3.95. The molecule has 5 rings (SSSR count). The fraction of sp³-hybridized carbons (Fsp3) is 0.0385. The van der Waals surface area contributed by atoms with Crippen LogP contribution in [0, 0.1) is 11.3 Å². The first-order valence-corrected chi connectivity index (χ1v) is 12.2. The number of nitrogens with zero attached hydrogens (tertiary/aromatic N) is 3. The number of nitrogens with one attached hydrogen (secondary N) is 2. The lowest BCUT2D eigenvalue weighted by Gasteiger charge is -2.10. The normalized spacial score (nSPS) is 13.4. The van der Waals surface area contributed by atoms with Gasteiger partial charge in [-0.2, -0.15) is 5.26 Å². The second-order valence-electron chi connectivity index (χ2n) is 7.95. The minimum absolute atomic E-state index is 0.0407. The Kier molecular flexibility index (Phi) is 5.76. The highest BCUT2D eigenvalue weighted by molar-refractivity contribution is 7.91. The molecule has 0 saturated carbocycles. The van der Waals surface area contributed by atoms with Crippen LogP contribution in [0.3, 0.4) is 0 Å². The average molecular weight is 496 g/mol. The number of benzene rings is 3. The molecule has 1 aliphatic rings. The molecule has 176 valence electrons. The SMILES string of the molecule is N#Cc1ccc(-c2ncc(CNC(=O)c3ccc4c(c3)NC(=O)c3ccccc3S4(=O)=O)cn2)cc1. The number of rotatable bonds is 4. The molecule has 0 unspecified atom stereocenters. The molecular weight excluding hydrogens is 478 g/mol. The second-order valence-corrected chi connectivity index (χ2v) is 9.84. The van der Waals surface area contributed by atoms with Crippen molar-refractivity contribution in [3.05, 3.63) is 101 Å². The summed E-state index contributed by atoms with van der Waals surface area (Å²) in [4.78, 5) is 33.8. The van der Waals surface area contributed by atoms with Gasteiger partial charge in [-0.05, 0) is 54.6 Å². The zero-order chi connectivity index (χ0) is 25.3. The lowest BCUT2D eigenvalue weighted by Crippen LogP contribution is -2.23. The third kappa shape index (κ3) is 4.19. The Morgan fingerprint density at radius 2 is 1.69 bits per heavy atom. The summed E-state index contributed by atoms with van der Waals surface area (Å²) < 4.78 is 26.2. The molecule has 1 aromatic heterocycles. The molecule has 9 nitrogen and oxygen atoms in total. The summed E-state index contributed by atoms with van der Waals surface area (Å²) in [6, 6.07) is 18.9. The van der Waals surface area contributed by atoms with Gasteiger partial charge in [0.1, 0.15) is 0 Å². The Morgan fingerprint density at radius 3 is 2.42 bits per heavy atom. The van der Waals surface area contributed by atoms with Crippen molar-refractivity contribution in [3.63, 3.8) is 0 Å². The molecule has 0 atom stereocenters. The summed E-state index contributed by atoms with van der Waals surface area (Å²) >= 11 is 0. The molecule has 0 radical (unpaired) electrons. The van der Waals surface area contributed by atoms with Gasteiger partial charge in [-0.1, -0.05) is 12.1 Å². The molecule has 0 fully saturated rings. The molecule has 0 spiro atoms. The zero-order valence-corrected chi connectivity index (χ0v) is 19.4. The summed E-state index contributed by atoms with van der Waals surface area (Å²) in [5.41, 5.74) is 2.22. The predicted molar refractivity (Wildman–Crippen MR) is 130 cm³/mol. The molecule has 10 heteroatoms. The van der Waals surface area contributed by atoms with Crippen LogP contribution in [-0.4, -0.2) is 30.2 Å². The monoisotopic (exact) mass is 495 g/mol. The molecule has 36 heavy (non-hydrogen) atoms. The third-order valence-electron chi connectivity index (χ3n) is 5.63. The molecule has 0 aliphatic carbocycles. The first-order valence-electron chi connectivity index (χ1n) is 10.8. The third-order valence-corrected chi connectivity index (χ3v) is 7.50. The van der Waals surface area contributed by atoms with Crippen molar-refractivity contribution < 1.29 is 18.0 Å². The number of aromatic nitrogens is 2. The molecule has 1 aliphatic heterocycles. The van der Waals surface area contributed by atoms with E-state index in [9.17, 15) is 18.0 Å². The molecule has 2 N–H and O–H groups in total. The summed E-state index contributed by atoms with van der Waals surface area (Å²) in [7, 11) is -3.95. The highest BCUT2D eigenvalue weighted by atomic mass is 32.2. The van der Waals surface area contributed by atoms with Crippen LogP contribution in [0.1, 0.15) is 31.8 Å². The first-order chi connectivity index (χ1) is 17.4. The van der Waals surface area contributed by atoms with Gasteiger partial charge in [0.25, 0.3) is 11.8 Å². The number of hydrogen-bond acceptors (Lipinski definition) is 7. The maximum Gasteiger partial charge on any atom is 0.257 e. The van der Waals surface area contributed by atoms with Crippen LogP contribution in [-0.2, 0) is 16.4 Å². The van der Waals surface area contributed by atoms with Gasteiger partial charge in [-0.25, -0.2) is 18.4 Å². The first kappa shape index (κ1) is 22.9. The Hall–Kier alpha value is -4.88. The van der Waals surface area contributed by atoms with Crippen molar-refractivity contribution in [1.82, 2.24) is 15.3 Å². The lowest BCUT2D eigenvalue weighted by atomic mass is 10.1. The van der Waals surface area contributed by atoms with Crippen LogP contribution in [0.25, 0.3) is 11.4 Å². The number of sulfone groups is 1. The van der Waals surface area contributed by atoms with E-state index in [1.54, 1.807) is 48.8 Å². The number of nitriles is 1. The number of amides is 2. The van der Waals surface area contributed by atoms with E-state index in [0.717, 1.165) is 5.56 Å². The average Bonchev–Trinajstić information content (AvgIpc) is 2.99. The molecule has 0 bridgehead atoms. The van der Waals surface area contributed by atoms with Crippen LogP contribution in [0.2, 0.25) is 0 Å². The number of carbonyl (C=O) groups excluding carboxylic acids is 2. The smallest absolute Gasteiger partial charge is 0.257 e. The summed E-state index contributed by atoms with van der Waals surface area (Å²) in [5.74, 6) is -0.536. The maximum atomic E-state index is 13.1. The highest BCUT2D eigenvalue weighted by Gasteiger charge is 2.31. The zero-order valence-electron chi connectivity index (χ0n) is 18.6. The van der Waals surface area contributed by atoms with Crippen molar-refractivity contribution in [3.8, 4) is 17.5 Å². The van der Waals surface area contributed by atoms with Gasteiger partial charge >= 0.3 is 0 Å². The molecule has 2 amide bonds. The fourth-order valence-corrected chi connectivity index (χ4v) is 5.36. The Labute approximate surface area is 206 Å². The van der Waals surface area contributed by atoms with Crippen LogP contribution in [0.4, 0.5) is 5.69 Å². The van der Waals surface area contributed by atoms with E-state index in [1.807, 2.05) is 0 Å². The Morgan fingerprint density at radius 1 is 0.972 bits per heavy atom. The molecule has 4 aromatic rings. The lowest BCUT2D eigenvalue weighted by molar-refractivity contribution is 0.0949. The van der Waals surface area contributed by atoms with E-state index in [4.69, 9.17) is 5.26 Å². The Bertz CT molecular complexity index is 1660. The summed E-state index contributed by atoms with van der Waals surface area (Å²) in [6.07, 6.45) is 3.17. The van der Waals surface area contributed by atoms with E-state index in [0.29, 0.717) is 17.0 Å². The van der Waals surface area contributed by atoms with Crippen molar-refractivity contribution in [2.45, 2.75) is 16.3 Å². The predicted octanol–water partition coefficient (Wildman–Crippen LogP) is 3.34.